The minimum atomic E-state index is -0.0561. The lowest BCUT2D eigenvalue weighted by molar-refractivity contribution is -0.117. The number of carbonyl (C=O) groups excluding carboxylic acids is 1. The van der Waals surface area contributed by atoms with Crippen LogP contribution in [0.5, 0.6) is 0 Å². The number of rotatable bonds is 2. The molecule has 1 aliphatic heterocycles. The monoisotopic (exact) mass is 172 g/mol. The highest BCUT2D eigenvalue weighted by Gasteiger charge is 2.09. The maximum Gasteiger partial charge on any atom is 0.258 e. The number of thioether (sulfide) groups is 1. The molecule has 1 rings (SSSR count). The van der Waals surface area contributed by atoms with Gasteiger partial charge in [0.25, 0.3) is 5.91 Å². The van der Waals surface area contributed by atoms with Crippen LogP contribution in [-0.2, 0) is 4.79 Å². The summed E-state index contributed by atoms with van der Waals surface area (Å²) in [4.78, 5) is 11.9. The van der Waals surface area contributed by atoms with Crippen LogP contribution in [0.2, 0.25) is 0 Å². The fourth-order valence-electron chi connectivity index (χ4n) is 0.830. The zero-order valence-electron chi connectivity index (χ0n) is 6.68. The van der Waals surface area contributed by atoms with Crippen LogP contribution in [0.15, 0.2) is 11.0 Å². The molecule has 2 N–H and O–H groups in total. The maximum atomic E-state index is 10.8. The predicted molar refractivity (Wildman–Crippen MR) is 47.0 cm³/mol. The van der Waals surface area contributed by atoms with E-state index in [1.807, 2.05) is 0 Å². The molecular formula is C7H12N2OS. The van der Waals surface area contributed by atoms with E-state index in [9.17, 15) is 4.79 Å². The summed E-state index contributed by atoms with van der Waals surface area (Å²) in [6.07, 6.45) is 1.64. The van der Waals surface area contributed by atoms with Crippen molar-refractivity contribution in [3.63, 3.8) is 0 Å². The third-order valence-corrected chi connectivity index (χ3v) is 2.19. The zero-order valence-corrected chi connectivity index (χ0v) is 7.49. The summed E-state index contributed by atoms with van der Waals surface area (Å²) in [5, 5.41) is 0.536. The Hall–Kier alpha value is -0.480. The molecule has 0 aromatic carbocycles. The van der Waals surface area contributed by atoms with Crippen LogP contribution in [0.25, 0.3) is 0 Å². The molecule has 0 bridgehead atoms. The van der Waals surface area contributed by atoms with Crippen LogP contribution < -0.4 is 10.9 Å². The SMILES string of the molecule is CC(C)SC1=CC(=O)NNC1. The van der Waals surface area contributed by atoms with E-state index >= 15 is 0 Å². The lowest BCUT2D eigenvalue weighted by atomic mass is 10.4. The minimum Gasteiger partial charge on any atom is -0.288 e. The third kappa shape index (κ3) is 2.95. The molecular weight excluding hydrogens is 160 g/mol. The molecule has 1 heterocycles. The van der Waals surface area contributed by atoms with Gasteiger partial charge in [-0.1, -0.05) is 13.8 Å². The minimum absolute atomic E-state index is 0.0561. The maximum absolute atomic E-state index is 10.8. The topological polar surface area (TPSA) is 41.1 Å². The fourth-order valence-corrected chi connectivity index (χ4v) is 1.77. The van der Waals surface area contributed by atoms with Gasteiger partial charge in [0.1, 0.15) is 0 Å². The van der Waals surface area contributed by atoms with Crippen molar-refractivity contribution in [2.45, 2.75) is 19.1 Å². The van der Waals surface area contributed by atoms with E-state index in [2.05, 4.69) is 24.7 Å². The molecule has 0 saturated heterocycles. The number of nitrogens with one attached hydrogen (secondary N) is 2. The van der Waals surface area contributed by atoms with Crippen molar-refractivity contribution in [1.82, 2.24) is 10.9 Å². The van der Waals surface area contributed by atoms with Crippen molar-refractivity contribution < 1.29 is 4.79 Å². The Kier molecular flexibility index (Phi) is 2.96. The Morgan fingerprint density at radius 2 is 2.36 bits per heavy atom. The molecule has 4 heteroatoms. The van der Waals surface area contributed by atoms with Gasteiger partial charge < -0.3 is 0 Å². The zero-order chi connectivity index (χ0) is 8.27. The molecule has 0 atom stereocenters. The van der Waals surface area contributed by atoms with Crippen molar-refractivity contribution in [3.05, 3.63) is 11.0 Å². The molecule has 0 aliphatic carbocycles. The van der Waals surface area contributed by atoms with Crippen LogP contribution in [-0.4, -0.2) is 17.7 Å². The number of carbonyl (C=O) groups is 1. The molecule has 1 aliphatic rings. The van der Waals surface area contributed by atoms with Gasteiger partial charge in [-0.3, -0.25) is 10.2 Å². The summed E-state index contributed by atoms with van der Waals surface area (Å²) in [6, 6.07) is 0. The first-order valence-electron chi connectivity index (χ1n) is 3.58. The first-order valence-corrected chi connectivity index (χ1v) is 4.46. The number of hydrogen-bond acceptors (Lipinski definition) is 3. The molecule has 11 heavy (non-hydrogen) atoms. The van der Waals surface area contributed by atoms with Gasteiger partial charge >= 0.3 is 0 Å². The van der Waals surface area contributed by atoms with Crippen LogP contribution in [0.1, 0.15) is 13.8 Å². The van der Waals surface area contributed by atoms with Gasteiger partial charge in [-0.05, 0) is 0 Å². The third-order valence-electron chi connectivity index (χ3n) is 1.15. The van der Waals surface area contributed by atoms with E-state index in [1.165, 1.54) is 0 Å². The summed E-state index contributed by atoms with van der Waals surface area (Å²) in [5.74, 6) is -0.0561. The summed E-state index contributed by atoms with van der Waals surface area (Å²) < 4.78 is 0. The van der Waals surface area contributed by atoms with Gasteiger partial charge in [-0.25, -0.2) is 5.43 Å². The van der Waals surface area contributed by atoms with E-state index in [0.29, 0.717) is 5.25 Å². The Labute approximate surface area is 70.6 Å². The van der Waals surface area contributed by atoms with Gasteiger partial charge in [0, 0.05) is 22.8 Å². The number of hydrogen-bond donors (Lipinski definition) is 2. The quantitative estimate of drug-likeness (QED) is 0.642. The van der Waals surface area contributed by atoms with Gasteiger partial charge in [0.05, 0.1) is 0 Å². The van der Waals surface area contributed by atoms with E-state index in [0.717, 1.165) is 11.4 Å². The van der Waals surface area contributed by atoms with E-state index in [-0.39, 0.29) is 5.91 Å². The van der Waals surface area contributed by atoms with Crippen LogP contribution in [0.4, 0.5) is 0 Å². The largest absolute Gasteiger partial charge is 0.288 e. The summed E-state index contributed by atoms with van der Waals surface area (Å²) in [5.41, 5.74) is 5.31. The summed E-state index contributed by atoms with van der Waals surface area (Å²) in [6.45, 7) is 4.96. The molecule has 3 nitrogen and oxygen atoms in total. The highest BCUT2D eigenvalue weighted by molar-refractivity contribution is 8.03. The van der Waals surface area contributed by atoms with Gasteiger partial charge in [-0.15, -0.1) is 11.8 Å². The van der Waals surface area contributed by atoms with Crippen molar-refractivity contribution >= 4 is 17.7 Å². The van der Waals surface area contributed by atoms with E-state index in [4.69, 9.17) is 0 Å². The Morgan fingerprint density at radius 3 is 2.91 bits per heavy atom. The smallest absolute Gasteiger partial charge is 0.258 e. The van der Waals surface area contributed by atoms with Crippen molar-refractivity contribution in [1.29, 1.82) is 0 Å². The molecule has 0 unspecified atom stereocenters. The van der Waals surface area contributed by atoms with Crippen molar-refractivity contribution in [2.75, 3.05) is 6.54 Å². The second-order valence-electron chi connectivity index (χ2n) is 2.62. The number of amides is 1. The van der Waals surface area contributed by atoms with Crippen LogP contribution in [0.3, 0.4) is 0 Å². The van der Waals surface area contributed by atoms with Crippen molar-refractivity contribution in [2.24, 2.45) is 0 Å². The molecule has 0 spiro atoms. The lowest BCUT2D eigenvalue weighted by Gasteiger charge is -2.15. The lowest BCUT2D eigenvalue weighted by Crippen LogP contribution is -2.41. The first-order chi connectivity index (χ1) is 5.18. The van der Waals surface area contributed by atoms with Crippen LogP contribution >= 0.6 is 11.8 Å². The van der Waals surface area contributed by atoms with Gasteiger partial charge in [0.2, 0.25) is 0 Å². The standard InChI is InChI=1S/C7H12N2OS/c1-5(2)11-6-3-7(10)9-8-4-6/h3,5,8H,4H2,1-2H3,(H,9,10). The van der Waals surface area contributed by atoms with Gasteiger partial charge in [-0.2, -0.15) is 0 Å². The molecule has 0 saturated carbocycles. The Bertz CT molecular complexity index is 189. The Morgan fingerprint density at radius 1 is 1.64 bits per heavy atom. The van der Waals surface area contributed by atoms with Gasteiger partial charge in [0.15, 0.2) is 0 Å². The molecule has 1 amide bonds. The molecule has 0 aromatic heterocycles. The first kappa shape index (κ1) is 8.62. The average Bonchev–Trinajstić information content (AvgIpc) is 1.85. The molecule has 0 aromatic rings. The predicted octanol–water partition coefficient (Wildman–Crippen LogP) is 0.646. The highest BCUT2D eigenvalue weighted by Crippen LogP contribution is 2.20. The van der Waals surface area contributed by atoms with Crippen LogP contribution in [0, 0.1) is 0 Å². The normalized spacial score (nSPS) is 18.1. The number of hydrazine groups is 1. The molecule has 0 radical (unpaired) electrons. The average molecular weight is 172 g/mol. The van der Waals surface area contributed by atoms with E-state index in [1.54, 1.807) is 17.8 Å². The second kappa shape index (κ2) is 3.78. The Balaban J connectivity index is 2.50. The van der Waals surface area contributed by atoms with E-state index < -0.39 is 0 Å². The second-order valence-corrected chi connectivity index (χ2v) is 4.32. The molecule has 0 fully saturated rings. The summed E-state index contributed by atoms with van der Waals surface area (Å²) >= 11 is 1.72. The molecule has 62 valence electrons. The highest BCUT2D eigenvalue weighted by atomic mass is 32.2. The fraction of sp³-hybridized carbons (Fsp3) is 0.571. The van der Waals surface area contributed by atoms with Crippen molar-refractivity contribution in [3.8, 4) is 0 Å². The summed E-state index contributed by atoms with van der Waals surface area (Å²) in [7, 11) is 0.